The third kappa shape index (κ3) is 4.93. The van der Waals surface area contributed by atoms with Crippen molar-refractivity contribution in [2.45, 2.75) is 62.1 Å². The number of carbonyl (C=O) groups is 1. The molecule has 3 aliphatic heterocycles. The number of benzene rings is 2. The summed E-state index contributed by atoms with van der Waals surface area (Å²) >= 11 is 7.76. The maximum absolute atomic E-state index is 13.1. The van der Waals surface area contributed by atoms with Crippen LogP contribution < -0.4 is 14.4 Å². The van der Waals surface area contributed by atoms with Crippen molar-refractivity contribution in [3.63, 3.8) is 0 Å². The molecule has 0 aromatic heterocycles. The molecule has 2 fully saturated rings. The lowest BCUT2D eigenvalue weighted by atomic mass is 9.66. The summed E-state index contributed by atoms with van der Waals surface area (Å²) in [5.41, 5.74) is 3.29. The number of fused-ring (bicyclic) bond motifs is 7. The van der Waals surface area contributed by atoms with Crippen molar-refractivity contribution in [1.29, 1.82) is 0 Å². The van der Waals surface area contributed by atoms with Crippen LogP contribution in [-0.2, 0) is 16.6 Å². The largest absolute Gasteiger partial charge is 0.490 e. The van der Waals surface area contributed by atoms with Crippen LogP contribution in [0, 0.1) is 11.8 Å². The molecular weight excluding hydrogens is 544 g/mol. The third-order valence-electron chi connectivity index (χ3n) is 9.90. The minimum Gasteiger partial charge on any atom is -0.490 e. The smallest absolute Gasteiger partial charge is 0.261 e. The second kappa shape index (κ2) is 10.6. The number of hydrogen-bond acceptors (Lipinski definition) is 6. The molecule has 3 heterocycles. The van der Waals surface area contributed by atoms with Crippen molar-refractivity contribution in [3.8, 4) is 5.75 Å². The number of halogens is 1. The van der Waals surface area contributed by atoms with Gasteiger partial charge >= 0.3 is 0 Å². The molecule has 0 radical (unpaired) electrons. The van der Waals surface area contributed by atoms with E-state index in [0.717, 1.165) is 61.7 Å². The first-order chi connectivity index (χ1) is 19.4. The molecule has 2 aliphatic carbocycles. The Kier molecular flexibility index (Phi) is 7.06. The molecule has 1 saturated carbocycles. The maximum atomic E-state index is 13.1. The topological polar surface area (TPSA) is 71.0 Å². The van der Waals surface area contributed by atoms with E-state index in [0.29, 0.717) is 49.2 Å². The molecular formula is C32H37ClN2O4S. The zero-order valence-corrected chi connectivity index (χ0v) is 24.3. The Labute approximate surface area is 245 Å². The molecule has 212 valence electrons. The van der Waals surface area contributed by atoms with Gasteiger partial charge in [-0.05, 0) is 97.3 Å². The molecule has 4 bridgehead atoms. The molecule has 2 aromatic carbocycles. The molecule has 1 amide bonds. The van der Waals surface area contributed by atoms with Crippen LogP contribution in [0.5, 0.6) is 5.75 Å². The highest BCUT2D eigenvalue weighted by molar-refractivity contribution is 7.98. The van der Waals surface area contributed by atoms with Crippen LogP contribution in [0.1, 0.15) is 60.0 Å². The van der Waals surface area contributed by atoms with E-state index in [4.69, 9.17) is 21.1 Å². The van der Waals surface area contributed by atoms with Gasteiger partial charge in [0.25, 0.3) is 5.91 Å². The molecule has 6 nitrogen and oxygen atoms in total. The molecule has 1 spiro atoms. The van der Waals surface area contributed by atoms with Crippen molar-refractivity contribution in [3.05, 3.63) is 70.3 Å². The summed E-state index contributed by atoms with van der Waals surface area (Å²) in [6.45, 7) is 2.88. The number of aryl methyl sites for hydroxylation is 1. The van der Waals surface area contributed by atoms with Crippen LogP contribution in [0.15, 0.2) is 48.6 Å². The van der Waals surface area contributed by atoms with Gasteiger partial charge in [-0.3, -0.25) is 9.52 Å². The van der Waals surface area contributed by atoms with Gasteiger partial charge in [0.15, 0.2) is 0 Å². The predicted octanol–water partition coefficient (Wildman–Crippen LogP) is 5.70. The van der Waals surface area contributed by atoms with Crippen LogP contribution in [0.2, 0.25) is 5.02 Å². The number of ether oxygens (including phenoxy) is 2. The van der Waals surface area contributed by atoms with E-state index in [1.54, 1.807) is 0 Å². The standard InChI is InChI=1S/C32H37ClN2O4S/c33-24-6-8-26-21(15-24)3-1-10-31(26)19-35-18-23-4-7-25(23)29-17-32(37,12-13-38-29)11-2-14-40-34-30(36)22-5-9-28(39-20-31)27(35)16-22/h2,5-6,8-9,11,15-16,23,25,29,37H,1,3-4,7,10,12-14,17-20H2,(H,34,36)/b11-2+/t23-,25+,29+,31-,32-/m0/s1. The minimum atomic E-state index is -0.851. The van der Waals surface area contributed by atoms with Gasteiger partial charge in [-0.1, -0.05) is 29.8 Å². The zero-order chi connectivity index (χ0) is 27.3. The van der Waals surface area contributed by atoms with Gasteiger partial charge in [0.1, 0.15) is 5.75 Å². The van der Waals surface area contributed by atoms with E-state index in [2.05, 4.69) is 21.8 Å². The molecule has 7 rings (SSSR count). The summed E-state index contributed by atoms with van der Waals surface area (Å²) in [4.78, 5) is 15.6. The number of rotatable bonds is 0. The lowest BCUT2D eigenvalue weighted by Gasteiger charge is -2.48. The van der Waals surface area contributed by atoms with Crippen LogP contribution in [0.3, 0.4) is 0 Å². The van der Waals surface area contributed by atoms with Gasteiger partial charge in [0.2, 0.25) is 0 Å². The molecule has 8 heteroatoms. The number of anilines is 1. The SMILES string of the molecule is O=C1NSC/C=C/[C@]2(O)CCO[C@H](C2)[C@@H]2CC[C@H]2CN2C[C@@]3(CCCc4cc(Cl)ccc43)COc3ccc1cc32. The minimum absolute atomic E-state index is 0.0583. The van der Waals surface area contributed by atoms with Crippen molar-refractivity contribution in [1.82, 2.24) is 4.72 Å². The van der Waals surface area contributed by atoms with E-state index in [9.17, 15) is 9.90 Å². The van der Waals surface area contributed by atoms with Crippen LogP contribution in [0.25, 0.3) is 0 Å². The van der Waals surface area contributed by atoms with Crippen molar-refractivity contribution >= 4 is 35.1 Å². The summed E-state index contributed by atoms with van der Waals surface area (Å²) in [5, 5.41) is 12.1. The van der Waals surface area contributed by atoms with Gasteiger partial charge < -0.3 is 19.5 Å². The molecule has 40 heavy (non-hydrogen) atoms. The van der Waals surface area contributed by atoms with E-state index in [1.807, 2.05) is 36.4 Å². The summed E-state index contributed by atoms with van der Waals surface area (Å²) in [6.07, 6.45) is 10.6. The van der Waals surface area contributed by atoms with Gasteiger partial charge in [-0.2, -0.15) is 0 Å². The maximum Gasteiger partial charge on any atom is 0.261 e. The summed E-state index contributed by atoms with van der Waals surface area (Å²) < 4.78 is 15.9. The highest BCUT2D eigenvalue weighted by atomic mass is 35.5. The first kappa shape index (κ1) is 26.7. The first-order valence-corrected chi connectivity index (χ1v) is 16.0. The Morgan fingerprint density at radius 3 is 2.95 bits per heavy atom. The highest BCUT2D eigenvalue weighted by Crippen LogP contribution is 2.48. The van der Waals surface area contributed by atoms with Crippen LogP contribution in [0.4, 0.5) is 5.69 Å². The first-order valence-electron chi connectivity index (χ1n) is 14.7. The molecule has 2 N–H and O–H groups in total. The number of nitrogens with one attached hydrogen (secondary N) is 1. The second-order valence-electron chi connectivity index (χ2n) is 12.4. The lowest BCUT2D eigenvalue weighted by molar-refractivity contribution is -0.125. The number of carbonyl (C=O) groups excluding carboxylic acids is 1. The monoisotopic (exact) mass is 580 g/mol. The normalized spacial score (nSPS) is 34.4. The van der Waals surface area contributed by atoms with Gasteiger partial charge in [-0.25, -0.2) is 0 Å². The van der Waals surface area contributed by atoms with Crippen molar-refractivity contribution in [2.24, 2.45) is 11.8 Å². The number of nitrogens with zero attached hydrogens (tertiary/aromatic N) is 1. The molecule has 5 atom stereocenters. The summed E-state index contributed by atoms with van der Waals surface area (Å²) in [5.74, 6) is 2.18. The fraction of sp³-hybridized carbons (Fsp3) is 0.531. The Hall–Kier alpha value is -2.19. The van der Waals surface area contributed by atoms with Crippen LogP contribution in [-0.4, -0.2) is 54.8 Å². The molecule has 1 saturated heterocycles. The molecule has 0 unspecified atom stereocenters. The Bertz CT molecular complexity index is 1340. The lowest BCUT2D eigenvalue weighted by Crippen LogP contribution is -2.52. The van der Waals surface area contributed by atoms with Gasteiger partial charge in [0, 0.05) is 47.7 Å². The average Bonchev–Trinajstić information content (AvgIpc) is 3.07. The fourth-order valence-corrected chi connectivity index (χ4v) is 8.37. The van der Waals surface area contributed by atoms with E-state index in [-0.39, 0.29) is 17.4 Å². The second-order valence-corrected chi connectivity index (χ2v) is 13.7. The van der Waals surface area contributed by atoms with Crippen molar-refractivity contribution in [2.75, 3.05) is 37.0 Å². The summed E-state index contributed by atoms with van der Waals surface area (Å²) in [7, 11) is 0. The predicted molar refractivity (Wildman–Crippen MR) is 159 cm³/mol. The fourth-order valence-electron chi connectivity index (χ4n) is 7.65. The average molecular weight is 581 g/mol. The van der Waals surface area contributed by atoms with Gasteiger partial charge in [0.05, 0.1) is 30.6 Å². The number of amides is 1. The number of aliphatic hydroxyl groups is 1. The highest BCUT2D eigenvalue weighted by Gasteiger charge is 2.46. The quantitative estimate of drug-likeness (QED) is 0.308. The van der Waals surface area contributed by atoms with Crippen molar-refractivity contribution < 1.29 is 19.4 Å². The van der Waals surface area contributed by atoms with E-state index >= 15 is 0 Å². The van der Waals surface area contributed by atoms with E-state index in [1.165, 1.54) is 23.1 Å². The zero-order valence-electron chi connectivity index (χ0n) is 22.7. The molecule has 5 aliphatic rings. The third-order valence-corrected chi connectivity index (χ3v) is 10.8. The number of hydrogen-bond donors (Lipinski definition) is 2. The summed E-state index contributed by atoms with van der Waals surface area (Å²) in [6, 6.07) is 12.2. The van der Waals surface area contributed by atoms with E-state index < -0.39 is 5.60 Å². The Morgan fingerprint density at radius 2 is 2.08 bits per heavy atom. The van der Waals surface area contributed by atoms with Crippen LogP contribution >= 0.6 is 23.5 Å². The molecule has 2 aromatic rings. The van der Waals surface area contributed by atoms with Gasteiger partial charge in [-0.15, -0.1) is 0 Å². The Morgan fingerprint density at radius 1 is 1.15 bits per heavy atom. The Balaban J connectivity index is 1.27.